The molecule has 0 aromatic heterocycles. The van der Waals surface area contributed by atoms with Crippen LogP contribution in [-0.4, -0.2) is 29.6 Å². The lowest BCUT2D eigenvalue weighted by Gasteiger charge is -2.34. The predicted octanol–water partition coefficient (Wildman–Crippen LogP) is 14.9. The molecule has 7 nitrogen and oxygen atoms in total. The van der Waals surface area contributed by atoms with Crippen molar-refractivity contribution in [1.29, 1.82) is 0 Å². The Kier molecular flexibility index (Phi) is 18.2. The van der Waals surface area contributed by atoms with Crippen molar-refractivity contribution in [3.8, 4) is 17.2 Å². The van der Waals surface area contributed by atoms with E-state index in [1.54, 1.807) is 0 Å². The minimum Gasteiger partial charge on any atom is -0.507 e. The van der Waals surface area contributed by atoms with Crippen molar-refractivity contribution in [3.05, 3.63) is 87.5 Å². The maximum Gasteiger partial charge on any atom is 0.323 e. The van der Waals surface area contributed by atoms with E-state index in [4.69, 9.17) is 14.2 Å². The van der Waals surface area contributed by atoms with Gasteiger partial charge in [0, 0.05) is 24.5 Å². The zero-order valence-electron chi connectivity index (χ0n) is 43.4. The topological polar surface area (TPSA) is 99.1 Å². The predicted molar refractivity (Wildman–Crippen MR) is 264 cm³/mol. The van der Waals surface area contributed by atoms with Crippen LogP contribution in [0.15, 0.2) is 48.5 Å². The first kappa shape index (κ1) is 54.2. The van der Waals surface area contributed by atoms with E-state index in [1.807, 2.05) is 36.4 Å². The Bertz CT molecular complexity index is 2020. The molecule has 1 atom stereocenters. The number of unbranched alkanes of at least 4 members (excludes halogenated alkanes) is 5. The van der Waals surface area contributed by atoms with Crippen LogP contribution < -0.4 is 9.47 Å². The lowest BCUT2D eigenvalue weighted by Crippen LogP contribution is -2.25. The zero-order chi connectivity index (χ0) is 48.6. The first-order valence-electron chi connectivity index (χ1n) is 24.0. The van der Waals surface area contributed by atoms with Gasteiger partial charge in [-0.3, -0.25) is 14.4 Å². The van der Waals surface area contributed by atoms with Gasteiger partial charge in [0.2, 0.25) is 0 Å². The first-order chi connectivity index (χ1) is 29.3. The fraction of sp³-hybridized carbons (Fsp3) is 0.632. The van der Waals surface area contributed by atoms with Crippen molar-refractivity contribution < 1.29 is 33.7 Å². The van der Waals surface area contributed by atoms with Crippen LogP contribution in [0, 0.1) is 10.8 Å². The highest BCUT2D eigenvalue weighted by Crippen LogP contribution is 2.47. The molecule has 0 fully saturated rings. The van der Waals surface area contributed by atoms with E-state index in [0.717, 1.165) is 59.1 Å². The summed E-state index contributed by atoms with van der Waals surface area (Å²) in [5.41, 5.74) is 6.51. The highest BCUT2D eigenvalue weighted by Gasteiger charge is 2.40. The van der Waals surface area contributed by atoms with Crippen LogP contribution in [-0.2, 0) is 47.2 Å². The van der Waals surface area contributed by atoms with Crippen molar-refractivity contribution in [3.63, 3.8) is 0 Å². The van der Waals surface area contributed by atoms with E-state index in [1.165, 1.54) is 32.6 Å². The smallest absolute Gasteiger partial charge is 0.323 e. The fourth-order valence-electron chi connectivity index (χ4n) is 9.54. The first-order valence-corrected chi connectivity index (χ1v) is 24.0. The number of phenols is 1. The molecule has 1 aliphatic rings. The van der Waals surface area contributed by atoms with Gasteiger partial charge in [-0.15, -0.1) is 0 Å². The molecule has 3 aromatic carbocycles. The summed E-state index contributed by atoms with van der Waals surface area (Å²) in [6.45, 7) is 39.1. The number of hydrogen-bond acceptors (Lipinski definition) is 7. The van der Waals surface area contributed by atoms with Gasteiger partial charge in [0.05, 0.1) is 6.61 Å². The van der Waals surface area contributed by atoms with E-state index >= 15 is 0 Å². The molecule has 0 bridgehead atoms. The van der Waals surface area contributed by atoms with Gasteiger partial charge in [-0.1, -0.05) is 186 Å². The molecule has 1 heterocycles. The highest BCUT2D eigenvalue weighted by molar-refractivity contribution is 5.91. The number of esters is 3. The number of benzene rings is 3. The molecular formula is C57H86O7. The van der Waals surface area contributed by atoms with Crippen molar-refractivity contribution in [1.82, 2.24) is 0 Å². The number of hydrogen-bond donors (Lipinski definition) is 1. The van der Waals surface area contributed by atoms with Crippen LogP contribution in [0.2, 0.25) is 0 Å². The molecule has 1 unspecified atom stereocenters. The van der Waals surface area contributed by atoms with E-state index in [9.17, 15) is 19.5 Å². The second-order valence-corrected chi connectivity index (χ2v) is 24.2. The molecule has 0 saturated carbocycles. The molecule has 64 heavy (non-hydrogen) atoms. The molecule has 0 saturated heterocycles. The number of ether oxygens (including phenoxy) is 3. The van der Waals surface area contributed by atoms with Crippen molar-refractivity contribution in [2.24, 2.45) is 10.8 Å². The van der Waals surface area contributed by atoms with E-state index in [0.29, 0.717) is 42.3 Å². The summed E-state index contributed by atoms with van der Waals surface area (Å²) in [4.78, 5) is 37.4. The van der Waals surface area contributed by atoms with Crippen LogP contribution in [0.5, 0.6) is 17.2 Å². The third kappa shape index (κ3) is 16.1. The normalized spacial score (nSPS) is 14.7. The molecule has 4 rings (SSSR count). The number of carbonyl (C=O) groups excluding carboxylic acids is 3. The van der Waals surface area contributed by atoms with E-state index < -0.39 is 11.9 Å². The number of fused-ring (bicyclic) bond motifs is 1. The summed E-state index contributed by atoms with van der Waals surface area (Å²) in [5.74, 6) is -0.157. The van der Waals surface area contributed by atoms with E-state index in [-0.39, 0.29) is 44.4 Å². The summed E-state index contributed by atoms with van der Waals surface area (Å²) in [6, 6.07) is 16.1. The van der Waals surface area contributed by atoms with Gasteiger partial charge < -0.3 is 19.3 Å². The number of aromatic hydroxyl groups is 1. The van der Waals surface area contributed by atoms with Crippen molar-refractivity contribution >= 4 is 17.9 Å². The summed E-state index contributed by atoms with van der Waals surface area (Å²) in [7, 11) is 0. The van der Waals surface area contributed by atoms with Gasteiger partial charge in [0.15, 0.2) is 0 Å². The second kappa shape index (κ2) is 21.5. The highest BCUT2D eigenvalue weighted by atomic mass is 16.5. The van der Waals surface area contributed by atoms with Crippen LogP contribution in [0.4, 0.5) is 0 Å². The van der Waals surface area contributed by atoms with Gasteiger partial charge >= 0.3 is 17.9 Å². The van der Waals surface area contributed by atoms with Crippen LogP contribution >= 0.6 is 0 Å². The van der Waals surface area contributed by atoms with Crippen LogP contribution in [0.3, 0.4) is 0 Å². The Labute approximate surface area is 388 Å². The Morgan fingerprint density at radius 2 is 1.14 bits per heavy atom. The van der Waals surface area contributed by atoms with Crippen molar-refractivity contribution in [2.75, 3.05) is 6.61 Å². The summed E-state index contributed by atoms with van der Waals surface area (Å²) in [5, 5.41) is 10.8. The van der Waals surface area contributed by atoms with Gasteiger partial charge in [0.1, 0.15) is 23.2 Å². The van der Waals surface area contributed by atoms with E-state index in [2.05, 4.69) is 130 Å². The largest absolute Gasteiger partial charge is 0.507 e. The number of phenolic OH excluding ortho intramolecular Hbond substituents is 1. The third-order valence-electron chi connectivity index (χ3n) is 12.0. The van der Waals surface area contributed by atoms with Crippen molar-refractivity contribution in [2.45, 2.75) is 216 Å². The molecule has 0 spiro atoms. The lowest BCUT2D eigenvalue weighted by atomic mass is 9.71. The third-order valence-corrected chi connectivity index (χ3v) is 12.0. The Morgan fingerprint density at radius 1 is 0.656 bits per heavy atom. The molecule has 1 N–H and O–H groups in total. The SMILES string of the molecule is CC(=O)Oc1ccc(C(C)(C)CC(C)(C)C)cc1C1C(=O)Oc2ccc(C(C)(C)CC(C)(C)C)cc21.CCCCCCCCOC(=O)CCc1cc(C(C)(C)C)c(O)c(C(C)(C)C)c1. The molecule has 0 radical (unpaired) electrons. The van der Waals surface area contributed by atoms with Gasteiger partial charge in [-0.2, -0.15) is 0 Å². The standard InChI is InChI=1S/C32H44O4.C25H42O3/c1-20(33)35-25-14-12-21(31(8,9)18-29(2,3)4)16-23(25)27-24-17-22(13-15-26(24)36-28(27)34)32(10,11)19-30(5,6)7;1-8-9-10-11-12-13-16-28-22(26)15-14-19-17-20(24(2,3)4)23(27)21(18-19)25(5,6)7/h12-17,27H,18-19H2,1-11H3;17-18,27H,8-16H2,1-7H3. The molecule has 3 aromatic rings. The summed E-state index contributed by atoms with van der Waals surface area (Å²) < 4.78 is 16.7. The van der Waals surface area contributed by atoms with Gasteiger partial charge in [-0.05, 0) is 98.1 Å². The number of rotatable bonds is 16. The van der Waals surface area contributed by atoms with Gasteiger partial charge in [0.25, 0.3) is 0 Å². The average Bonchev–Trinajstić information content (AvgIpc) is 3.46. The van der Waals surface area contributed by atoms with Gasteiger partial charge in [-0.25, -0.2) is 0 Å². The summed E-state index contributed by atoms with van der Waals surface area (Å²) >= 11 is 0. The Hall–Kier alpha value is -4.13. The average molecular weight is 883 g/mol. The maximum absolute atomic E-state index is 13.3. The fourth-order valence-corrected chi connectivity index (χ4v) is 9.54. The van der Waals surface area contributed by atoms with Crippen LogP contribution in [0.25, 0.3) is 0 Å². The Balaban J connectivity index is 0.000000352. The molecule has 0 aliphatic carbocycles. The number of carbonyl (C=O) groups is 3. The molecular weight excluding hydrogens is 797 g/mol. The molecule has 1 aliphatic heterocycles. The minimum absolute atomic E-state index is 0.0846. The minimum atomic E-state index is -0.648. The lowest BCUT2D eigenvalue weighted by molar-refractivity contribution is -0.143. The number of aryl methyl sites for hydroxylation is 1. The molecule has 7 heteroatoms. The zero-order valence-corrected chi connectivity index (χ0v) is 43.4. The maximum atomic E-state index is 13.3. The Morgan fingerprint density at radius 3 is 1.62 bits per heavy atom. The summed E-state index contributed by atoms with van der Waals surface area (Å²) in [6.07, 6.45) is 10.1. The monoisotopic (exact) mass is 883 g/mol. The molecule has 356 valence electrons. The van der Waals surface area contributed by atoms with Crippen LogP contribution in [0.1, 0.15) is 227 Å². The molecule has 0 amide bonds. The second-order valence-electron chi connectivity index (χ2n) is 24.2. The quantitative estimate of drug-likeness (QED) is 0.0869.